The summed E-state index contributed by atoms with van der Waals surface area (Å²) < 4.78 is 5.34. The summed E-state index contributed by atoms with van der Waals surface area (Å²) in [6.45, 7) is 10.5. The van der Waals surface area contributed by atoms with Crippen LogP contribution in [0.2, 0.25) is 0 Å². The number of halogens is 2. The van der Waals surface area contributed by atoms with Crippen molar-refractivity contribution in [2.75, 3.05) is 6.54 Å². The largest absolute Gasteiger partial charge is 0.444 e. The molecule has 10 nitrogen and oxygen atoms in total. The molecule has 0 aromatic heterocycles. The molecule has 2 aliphatic rings. The molecule has 2 fully saturated rings. The van der Waals surface area contributed by atoms with Gasteiger partial charge in [0, 0.05) is 12.5 Å². The first kappa shape index (κ1) is 31.1. The molecule has 2 rings (SSSR count). The maximum Gasteiger partial charge on any atom is 0.408 e. The summed E-state index contributed by atoms with van der Waals surface area (Å²) in [5, 5.41) is 5.30. The van der Waals surface area contributed by atoms with Gasteiger partial charge in [-0.05, 0) is 44.9 Å². The maximum absolute atomic E-state index is 13.8. The molecule has 0 bridgehead atoms. The fourth-order valence-corrected chi connectivity index (χ4v) is 4.88. The summed E-state index contributed by atoms with van der Waals surface area (Å²) >= 11 is 12.3. The molecular formula is C25H40Cl2N4O6. The van der Waals surface area contributed by atoms with E-state index in [1.165, 1.54) is 4.90 Å². The Bertz CT molecular complexity index is 895. The zero-order chi connectivity index (χ0) is 28.3. The Morgan fingerprint density at radius 1 is 1.03 bits per heavy atom. The number of amides is 4. The van der Waals surface area contributed by atoms with E-state index in [0.29, 0.717) is 6.42 Å². The van der Waals surface area contributed by atoms with E-state index in [-0.39, 0.29) is 18.9 Å². The van der Waals surface area contributed by atoms with Crippen molar-refractivity contribution < 1.29 is 28.7 Å². The summed E-state index contributed by atoms with van der Waals surface area (Å²) in [7, 11) is 0. The van der Waals surface area contributed by atoms with E-state index in [0.717, 1.165) is 19.3 Å². The fraction of sp³-hybridized carbons (Fsp3) is 0.800. The van der Waals surface area contributed by atoms with E-state index in [4.69, 9.17) is 33.7 Å². The van der Waals surface area contributed by atoms with Gasteiger partial charge in [-0.1, -0.05) is 40.0 Å². The lowest BCUT2D eigenvalue weighted by molar-refractivity contribution is -0.143. The summed E-state index contributed by atoms with van der Waals surface area (Å²) in [6, 6.07) is -3.11. The normalized spacial score (nSPS) is 22.1. The number of alkyl carbamates (subject to hydrolysis) is 1. The first-order chi connectivity index (χ1) is 16.9. The number of nitrogens with one attached hydrogen (secondary N) is 2. The number of ketones is 1. The van der Waals surface area contributed by atoms with Crippen LogP contribution in [0.4, 0.5) is 4.79 Å². The minimum atomic E-state index is -1.13. The van der Waals surface area contributed by atoms with Gasteiger partial charge in [-0.3, -0.25) is 19.2 Å². The SMILES string of the molecule is CC(C)(C)OC(=O)N[C@H](C(=O)N1CC(C(Cl)Cl)C[C@H]1C(=O)NC(CC1CCC1)C(=O)C(N)=O)C(C)(C)C. The van der Waals surface area contributed by atoms with Crippen molar-refractivity contribution in [3.63, 3.8) is 0 Å². The molecule has 1 saturated heterocycles. The Hall–Kier alpha value is -2.07. The molecule has 1 aliphatic carbocycles. The number of hydrogen-bond acceptors (Lipinski definition) is 6. The highest BCUT2D eigenvalue weighted by molar-refractivity contribution is 6.44. The molecule has 2 unspecified atom stereocenters. The lowest BCUT2D eigenvalue weighted by Gasteiger charge is -2.36. The molecule has 4 amide bonds. The van der Waals surface area contributed by atoms with Gasteiger partial charge in [0.05, 0.1) is 6.04 Å². The number of alkyl halides is 2. The molecule has 0 radical (unpaired) electrons. The highest BCUT2D eigenvalue weighted by atomic mass is 35.5. The zero-order valence-corrected chi connectivity index (χ0v) is 23.9. The molecular weight excluding hydrogens is 523 g/mol. The minimum absolute atomic E-state index is 0.0776. The van der Waals surface area contributed by atoms with Crippen LogP contribution < -0.4 is 16.4 Å². The third-order valence-electron chi connectivity index (χ3n) is 6.72. The number of ether oxygens (including phenoxy) is 1. The minimum Gasteiger partial charge on any atom is -0.444 e. The van der Waals surface area contributed by atoms with Gasteiger partial charge in [-0.25, -0.2) is 4.79 Å². The summed E-state index contributed by atoms with van der Waals surface area (Å²) in [6.07, 6.45) is 2.51. The third kappa shape index (κ3) is 8.74. The van der Waals surface area contributed by atoms with E-state index in [2.05, 4.69) is 10.6 Å². The second kappa shape index (κ2) is 12.2. The molecule has 0 aromatic carbocycles. The Morgan fingerprint density at radius 3 is 2.05 bits per heavy atom. The van der Waals surface area contributed by atoms with E-state index < -0.39 is 69.5 Å². The lowest BCUT2D eigenvalue weighted by atomic mass is 9.80. The lowest BCUT2D eigenvalue weighted by Crippen LogP contribution is -2.59. The van der Waals surface area contributed by atoms with Crippen LogP contribution in [0.25, 0.3) is 0 Å². The second-order valence-electron chi connectivity index (χ2n) is 12.1. The quantitative estimate of drug-likeness (QED) is 0.290. The van der Waals surface area contributed by atoms with Crippen molar-refractivity contribution in [3.05, 3.63) is 0 Å². The Kier molecular flexibility index (Phi) is 10.3. The molecule has 1 heterocycles. The number of carbonyl (C=O) groups is 5. The number of rotatable bonds is 9. The van der Waals surface area contributed by atoms with Gasteiger partial charge in [0.1, 0.15) is 22.5 Å². The molecule has 1 aliphatic heterocycles. The average Bonchev–Trinajstić information content (AvgIpc) is 3.16. The van der Waals surface area contributed by atoms with E-state index in [1.54, 1.807) is 41.5 Å². The van der Waals surface area contributed by atoms with Crippen molar-refractivity contribution in [1.29, 1.82) is 0 Å². The van der Waals surface area contributed by atoms with Gasteiger partial charge in [-0.15, -0.1) is 23.2 Å². The van der Waals surface area contributed by atoms with Gasteiger partial charge in [0.15, 0.2) is 0 Å². The molecule has 37 heavy (non-hydrogen) atoms. The van der Waals surface area contributed by atoms with Crippen molar-refractivity contribution in [3.8, 4) is 0 Å². The Labute approximate surface area is 228 Å². The monoisotopic (exact) mass is 562 g/mol. The Balaban J connectivity index is 2.29. The van der Waals surface area contributed by atoms with Crippen LogP contribution in [0.1, 0.15) is 73.6 Å². The molecule has 1 saturated carbocycles. The van der Waals surface area contributed by atoms with Crippen LogP contribution in [0, 0.1) is 17.3 Å². The standard InChI is InChI=1S/C25H40Cl2N4O6/c1-24(2,3)18(30-23(36)37-25(4,5)6)22(35)31-12-14(19(26)27)11-16(31)21(34)29-15(17(32)20(28)33)10-13-8-7-9-13/h13-16,18-19H,7-12H2,1-6H3,(H2,28,33)(H,29,34)(H,30,36)/t14?,15?,16-,18+/m0/s1. The summed E-state index contributed by atoms with van der Waals surface area (Å²) in [5.74, 6) is -3.32. The van der Waals surface area contributed by atoms with Crippen molar-refractivity contribution in [1.82, 2.24) is 15.5 Å². The maximum atomic E-state index is 13.8. The predicted molar refractivity (Wildman–Crippen MR) is 140 cm³/mol. The van der Waals surface area contributed by atoms with Crippen molar-refractivity contribution in [2.24, 2.45) is 23.0 Å². The fourth-order valence-electron chi connectivity index (χ4n) is 4.52. The van der Waals surface area contributed by atoms with Crippen LogP contribution in [-0.4, -0.2) is 69.6 Å². The molecule has 12 heteroatoms. The van der Waals surface area contributed by atoms with Crippen LogP contribution in [0.5, 0.6) is 0 Å². The van der Waals surface area contributed by atoms with E-state index in [1.807, 2.05) is 0 Å². The number of carbonyl (C=O) groups excluding carboxylic acids is 5. The number of nitrogens with two attached hydrogens (primary N) is 1. The number of primary amides is 1. The molecule has 0 spiro atoms. The summed E-state index contributed by atoms with van der Waals surface area (Å²) in [4.78, 5) is 64.3. The van der Waals surface area contributed by atoms with Crippen LogP contribution in [-0.2, 0) is 23.9 Å². The predicted octanol–water partition coefficient (Wildman–Crippen LogP) is 2.68. The molecule has 4 N–H and O–H groups in total. The molecule has 4 atom stereocenters. The smallest absolute Gasteiger partial charge is 0.408 e. The molecule has 0 aromatic rings. The van der Waals surface area contributed by atoms with Crippen LogP contribution in [0.3, 0.4) is 0 Å². The van der Waals surface area contributed by atoms with Gasteiger partial charge in [-0.2, -0.15) is 0 Å². The number of hydrogen-bond donors (Lipinski definition) is 3. The topological polar surface area (TPSA) is 148 Å². The highest BCUT2D eigenvalue weighted by Crippen LogP contribution is 2.34. The van der Waals surface area contributed by atoms with E-state index in [9.17, 15) is 24.0 Å². The highest BCUT2D eigenvalue weighted by Gasteiger charge is 2.47. The van der Waals surface area contributed by atoms with Gasteiger partial charge >= 0.3 is 6.09 Å². The van der Waals surface area contributed by atoms with Crippen LogP contribution in [0.15, 0.2) is 0 Å². The average molecular weight is 564 g/mol. The molecule has 210 valence electrons. The summed E-state index contributed by atoms with van der Waals surface area (Å²) in [5.41, 5.74) is 3.72. The van der Waals surface area contributed by atoms with Gasteiger partial charge in [0.2, 0.25) is 17.6 Å². The number of likely N-dealkylation sites (tertiary alicyclic amines) is 1. The first-order valence-electron chi connectivity index (χ1n) is 12.6. The van der Waals surface area contributed by atoms with E-state index >= 15 is 0 Å². The third-order valence-corrected chi connectivity index (χ3v) is 7.43. The van der Waals surface area contributed by atoms with Gasteiger partial charge in [0.25, 0.3) is 5.91 Å². The Morgan fingerprint density at radius 2 is 1.62 bits per heavy atom. The van der Waals surface area contributed by atoms with Crippen LogP contribution >= 0.6 is 23.2 Å². The van der Waals surface area contributed by atoms with Crippen molar-refractivity contribution >= 4 is 52.8 Å². The zero-order valence-electron chi connectivity index (χ0n) is 22.4. The number of nitrogens with zero attached hydrogens (tertiary/aromatic N) is 1. The number of Topliss-reactive ketones (excluding diaryl/α,β-unsaturated/α-hetero) is 1. The second-order valence-corrected chi connectivity index (χ2v) is 13.3. The van der Waals surface area contributed by atoms with Crippen molar-refractivity contribution in [2.45, 2.75) is 102 Å². The van der Waals surface area contributed by atoms with Gasteiger partial charge < -0.3 is 26.0 Å². The first-order valence-corrected chi connectivity index (χ1v) is 13.5.